The first-order valence-corrected chi connectivity index (χ1v) is 5.39. The number of aromatic hydroxyl groups is 1. The van der Waals surface area contributed by atoms with Gasteiger partial charge in [0.25, 0.3) is 0 Å². The minimum Gasteiger partial charge on any atom is -0.504 e. The highest BCUT2D eigenvalue weighted by Crippen LogP contribution is 2.32. The van der Waals surface area contributed by atoms with E-state index in [9.17, 15) is 9.90 Å². The van der Waals surface area contributed by atoms with Crippen LogP contribution in [0.5, 0.6) is 11.5 Å². The van der Waals surface area contributed by atoms with E-state index in [1.165, 1.54) is 7.11 Å². The Morgan fingerprint density at radius 2 is 2.20 bits per heavy atom. The molecule has 0 aliphatic carbocycles. The third kappa shape index (κ3) is 3.26. The number of aliphatic carboxylic acids is 1. The van der Waals surface area contributed by atoms with Gasteiger partial charge in [0.15, 0.2) is 11.5 Å². The molecule has 1 rings (SSSR count). The van der Waals surface area contributed by atoms with Crippen LogP contribution in [-0.2, 0) is 11.2 Å². The molecule has 0 aromatic heterocycles. The molecule has 0 atom stereocenters. The zero-order valence-corrected chi connectivity index (χ0v) is 10.3. The van der Waals surface area contributed by atoms with Crippen molar-refractivity contribution in [2.45, 2.75) is 12.8 Å². The third-order valence-electron chi connectivity index (χ3n) is 1.94. The van der Waals surface area contributed by atoms with E-state index < -0.39 is 5.97 Å². The lowest BCUT2D eigenvalue weighted by atomic mass is 10.1. The van der Waals surface area contributed by atoms with Crippen LogP contribution in [0.15, 0.2) is 12.1 Å². The van der Waals surface area contributed by atoms with Crippen molar-refractivity contribution in [3.63, 3.8) is 0 Å². The largest absolute Gasteiger partial charge is 0.504 e. The fourth-order valence-corrected chi connectivity index (χ4v) is 1.84. The summed E-state index contributed by atoms with van der Waals surface area (Å²) in [7, 11) is 1.46. The van der Waals surface area contributed by atoms with Crippen molar-refractivity contribution >= 4 is 28.6 Å². The topological polar surface area (TPSA) is 66.8 Å². The zero-order valence-electron chi connectivity index (χ0n) is 8.16. The van der Waals surface area contributed by atoms with Crippen molar-refractivity contribution in [1.29, 1.82) is 0 Å². The Hall–Kier alpha value is -0.980. The molecule has 0 saturated carbocycles. The van der Waals surface area contributed by atoms with Gasteiger partial charge in [0, 0.05) is 6.42 Å². The standard InChI is InChI=1S/C10H11IO4/c1-15-8-5-6(2-3-9(12)13)4-7(11)10(8)14/h4-5,14H,2-3H2,1H3,(H,12,13). The van der Waals surface area contributed by atoms with E-state index >= 15 is 0 Å². The second kappa shape index (κ2) is 5.20. The second-order valence-electron chi connectivity index (χ2n) is 3.02. The first-order valence-electron chi connectivity index (χ1n) is 4.31. The number of aryl methyl sites for hydroxylation is 1. The lowest BCUT2D eigenvalue weighted by Crippen LogP contribution is -1.98. The molecule has 0 amide bonds. The maximum Gasteiger partial charge on any atom is 0.303 e. The highest BCUT2D eigenvalue weighted by Gasteiger charge is 2.09. The number of phenols is 1. The van der Waals surface area contributed by atoms with Crippen molar-refractivity contribution in [3.05, 3.63) is 21.3 Å². The summed E-state index contributed by atoms with van der Waals surface area (Å²) < 4.78 is 5.63. The Morgan fingerprint density at radius 3 is 2.73 bits per heavy atom. The number of rotatable bonds is 4. The van der Waals surface area contributed by atoms with Crippen LogP contribution >= 0.6 is 22.6 Å². The van der Waals surface area contributed by atoms with E-state index in [0.29, 0.717) is 15.7 Å². The molecule has 0 spiro atoms. The van der Waals surface area contributed by atoms with E-state index in [0.717, 1.165) is 5.56 Å². The van der Waals surface area contributed by atoms with Crippen molar-refractivity contribution in [2.75, 3.05) is 7.11 Å². The summed E-state index contributed by atoms with van der Waals surface area (Å²) in [6, 6.07) is 3.40. The Bertz CT molecular complexity index is 376. The maximum absolute atomic E-state index is 10.4. The monoisotopic (exact) mass is 322 g/mol. The Morgan fingerprint density at radius 1 is 1.53 bits per heavy atom. The van der Waals surface area contributed by atoms with E-state index in [1.807, 2.05) is 22.6 Å². The van der Waals surface area contributed by atoms with Crippen LogP contribution in [0.4, 0.5) is 0 Å². The Labute approximate surface area is 101 Å². The molecule has 15 heavy (non-hydrogen) atoms. The number of carboxylic acid groups (broad SMARTS) is 1. The maximum atomic E-state index is 10.4. The zero-order chi connectivity index (χ0) is 11.4. The molecule has 0 bridgehead atoms. The summed E-state index contributed by atoms with van der Waals surface area (Å²) in [6.07, 6.45) is 0.506. The van der Waals surface area contributed by atoms with E-state index in [2.05, 4.69) is 0 Å². The first kappa shape index (κ1) is 12.1. The summed E-state index contributed by atoms with van der Waals surface area (Å²) in [4.78, 5) is 10.4. The lowest BCUT2D eigenvalue weighted by Gasteiger charge is -2.08. The molecule has 0 aliphatic heterocycles. The number of hydrogen-bond acceptors (Lipinski definition) is 3. The highest BCUT2D eigenvalue weighted by atomic mass is 127. The molecule has 5 heteroatoms. The van der Waals surface area contributed by atoms with Gasteiger partial charge in [-0.25, -0.2) is 0 Å². The number of hydrogen-bond donors (Lipinski definition) is 2. The third-order valence-corrected chi connectivity index (χ3v) is 2.76. The van der Waals surface area contributed by atoms with Crippen molar-refractivity contribution in [1.82, 2.24) is 0 Å². The van der Waals surface area contributed by atoms with Gasteiger partial charge in [-0.3, -0.25) is 4.79 Å². The fourth-order valence-electron chi connectivity index (χ4n) is 1.18. The van der Waals surface area contributed by atoms with Crippen LogP contribution in [0.25, 0.3) is 0 Å². The van der Waals surface area contributed by atoms with Gasteiger partial charge in [-0.1, -0.05) is 0 Å². The number of ether oxygens (including phenoxy) is 1. The molecule has 0 fully saturated rings. The molecule has 1 aromatic rings. The van der Waals surface area contributed by atoms with Crippen molar-refractivity contribution in [2.24, 2.45) is 0 Å². The molecule has 0 heterocycles. The summed E-state index contributed by atoms with van der Waals surface area (Å²) in [6.45, 7) is 0. The first-order chi connectivity index (χ1) is 7.04. The summed E-state index contributed by atoms with van der Waals surface area (Å²) in [5.41, 5.74) is 0.844. The highest BCUT2D eigenvalue weighted by molar-refractivity contribution is 14.1. The smallest absolute Gasteiger partial charge is 0.303 e. The normalized spacial score (nSPS) is 10.0. The molecule has 0 unspecified atom stereocenters. The van der Waals surface area contributed by atoms with Crippen molar-refractivity contribution in [3.8, 4) is 11.5 Å². The van der Waals surface area contributed by atoms with Gasteiger partial charge in [-0.15, -0.1) is 0 Å². The average molecular weight is 322 g/mol. The number of carboxylic acids is 1. The summed E-state index contributed by atoms with van der Waals surface area (Å²) in [5, 5.41) is 18.1. The predicted octanol–water partition coefficient (Wildman–Crippen LogP) is 2.02. The van der Waals surface area contributed by atoms with Crippen LogP contribution in [0, 0.1) is 3.57 Å². The van der Waals surface area contributed by atoms with Gasteiger partial charge in [-0.2, -0.15) is 0 Å². The van der Waals surface area contributed by atoms with E-state index in [-0.39, 0.29) is 12.2 Å². The average Bonchev–Trinajstić information content (AvgIpc) is 2.19. The number of methoxy groups -OCH3 is 1. The van der Waals surface area contributed by atoms with Crippen LogP contribution in [-0.4, -0.2) is 23.3 Å². The van der Waals surface area contributed by atoms with Gasteiger partial charge in [0.2, 0.25) is 0 Å². The summed E-state index contributed by atoms with van der Waals surface area (Å²) >= 11 is 1.98. The quantitative estimate of drug-likeness (QED) is 0.833. The lowest BCUT2D eigenvalue weighted by molar-refractivity contribution is -0.136. The number of phenolic OH excluding ortho intramolecular Hbond substituents is 1. The van der Waals surface area contributed by atoms with Gasteiger partial charge in [0.1, 0.15) is 0 Å². The fraction of sp³-hybridized carbons (Fsp3) is 0.300. The summed E-state index contributed by atoms with van der Waals surface area (Å²) in [5.74, 6) is -0.364. The van der Waals surface area contributed by atoms with E-state index in [1.54, 1.807) is 12.1 Å². The number of halogens is 1. The molecule has 82 valence electrons. The van der Waals surface area contributed by atoms with Gasteiger partial charge in [-0.05, 0) is 46.7 Å². The second-order valence-corrected chi connectivity index (χ2v) is 4.18. The minimum absolute atomic E-state index is 0.0734. The van der Waals surface area contributed by atoms with Crippen LogP contribution in [0.1, 0.15) is 12.0 Å². The molecule has 0 saturated heterocycles. The minimum atomic E-state index is -0.836. The number of carbonyl (C=O) groups is 1. The van der Waals surface area contributed by atoms with Crippen molar-refractivity contribution < 1.29 is 19.7 Å². The predicted molar refractivity (Wildman–Crippen MR) is 63.3 cm³/mol. The molecule has 0 aliphatic rings. The Kier molecular flexibility index (Phi) is 4.19. The molecular weight excluding hydrogens is 311 g/mol. The molecule has 0 radical (unpaired) electrons. The van der Waals surface area contributed by atoms with Gasteiger partial charge in [0.05, 0.1) is 10.7 Å². The Balaban J connectivity index is 2.90. The SMILES string of the molecule is COc1cc(CCC(=O)O)cc(I)c1O. The van der Waals surface area contributed by atoms with Crippen LogP contribution < -0.4 is 4.74 Å². The van der Waals surface area contributed by atoms with E-state index in [4.69, 9.17) is 9.84 Å². The molecule has 2 N–H and O–H groups in total. The molecular formula is C10H11IO4. The van der Waals surface area contributed by atoms with Gasteiger partial charge < -0.3 is 14.9 Å². The molecule has 4 nitrogen and oxygen atoms in total. The van der Waals surface area contributed by atoms with Crippen LogP contribution in [0.3, 0.4) is 0 Å². The van der Waals surface area contributed by atoms with Crippen LogP contribution in [0.2, 0.25) is 0 Å². The van der Waals surface area contributed by atoms with Gasteiger partial charge >= 0.3 is 5.97 Å². The number of benzene rings is 1. The molecule has 1 aromatic carbocycles.